The van der Waals surface area contributed by atoms with Crippen molar-refractivity contribution in [3.05, 3.63) is 34.1 Å². The lowest BCUT2D eigenvalue weighted by atomic mass is 9.97. The van der Waals surface area contributed by atoms with Gasteiger partial charge in [0.2, 0.25) is 5.91 Å². The molecule has 1 saturated heterocycles. The maximum atomic E-state index is 12.1. The van der Waals surface area contributed by atoms with E-state index in [1.54, 1.807) is 23.5 Å². The number of rotatable bonds is 2. The monoisotopic (exact) mass is 344 g/mol. The van der Waals surface area contributed by atoms with E-state index in [-0.39, 0.29) is 17.6 Å². The molecule has 2 aliphatic rings. The summed E-state index contributed by atoms with van der Waals surface area (Å²) in [4.78, 5) is 24.8. The van der Waals surface area contributed by atoms with Crippen LogP contribution in [0.3, 0.4) is 0 Å². The number of anilines is 1. The van der Waals surface area contributed by atoms with Gasteiger partial charge in [-0.3, -0.25) is 9.78 Å². The Morgan fingerprint density at radius 2 is 2.08 bits per heavy atom. The Morgan fingerprint density at radius 3 is 2.88 bits per heavy atom. The first-order valence-corrected chi connectivity index (χ1v) is 9.11. The summed E-state index contributed by atoms with van der Waals surface area (Å²) in [6, 6.07) is 3.43. The standard InChI is InChI=1S/C17H20N4O2S/c1-10-4-5-13(22)15(19-10)11-8-14(23)18-9-12-16(11)24-17(20-12)21-6-2-3-7-21/h4-5,11,22H,2-3,6-9H2,1H3,(H,18,23)/t11-/m0/s1. The van der Waals surface area contributed by atoms with Crippen molar-refractivity contribution in [1.82, 2.24) is 15.3 Å². The number of carbonyl (C=O) groups excluding carboxylic acids is 1. The second kappa shape index (κ2) is 6.05. The number of hydrogen-bond acceptors (Lipinski definition) is 6. The Hall–Kier alpha value is -2.15. The van der Waals surface area contributed by atoms with E-state index in [2.05, 4.69) is 15.2 Å². The van der Waals surface area contributed by atoms with Gasteiger partial charge in [0, 0.05) is 30.1 Å². The molecule has 2 aromatic heterocycles. The molecule has 0 unspecified atom stereocenters. The number of thiazole rings is 1. The van der Waals surface area contributed by atoms with Crippen molar-refractivity contribution in [2.24, 2.45) is 0 Å². The van der Waals surface area contributed by atoms with Crippen molar-refractivity contribution >= 4 is 22.4 Å². The average molecular weight is 344 g/mol. The van der Waals surface area contributed by atoms with E-state index < -0.39 is 0 Å². The molecule has 0 saturated carbocycles. The molecule has 126 valence electrons. The normalized spacial score (nSPS) is 20.6. The smallest absolute Gasteiger partial charge is 0.221 e. The molecular weight excluding hydrogens is 324 g/mol. The summed E-state index contributed by atoms with van der Waals surface area (Å²) in [7, 11) is 0. The number of aromatic nitrogens is 2. The minimum absolute atomic E-state index is 0.0318. The molecule has 1 atom stereocenters. The molecule has 0 spiro atoms. The summed E-state index contributed by atoms with van der Waals surface area (Å²) in [6.07, 6.45) is 2.69. The highest BCUT2D eigenvalue weighted by atomic mass is 32.1. The molecule has 4 rings (SSSR count). The molecule has 6 nitrogen and oxygen atoms in total. The maximum Gasteiger partial charge on any atom is 0.221 e. The number of aryl methyl sites for hydroxylation is 1. The predicted molar refractivity (Wildman–Crippen MR) is 92.5 cm³/mol. The van der Waals surface area contributed by atoms with Gasteiger partial charge in [-0.05, 0) is 31.9 Å². The first-order chi connectivity index (χ1) is 11.6. The van der Waals surface area contributed by atoms with Gasteiger partial charge in [-0.1, -0.05) is 0 Å². The molecule has 1 fully saturated rings. The molecule has 0 bridgehead atoms. The lowest BCUT2D eigenvalue weighted by Gasteiger charge is -2.15. The van der Waals surface area contributed by atoms with Crippen molar-refractivity contribution in [2.75, 3.05) is 18.0 Å². The number of fused-ring (bicyclic) bond motifs is 1. The predicted octanol–water partition coefficient (Wildman–Crippen LogP) is 2.30. The van der Waals surface area contributed by atoms with Gasteiger partial charge in [0.15, 0.2) is 5.13 Å². The van der Waals surface area contributed by atoms with Gasteiger partial charge < -0.3 is 15.3 Å². The average Bonchev–Trinajstić information content (AvgIpc) is 3.20. The summed E-state index contributed by atoms with van der Waals surface area (Å²) >= 11 is 1.64. The van der Waals surface area contributed by atoms with E-state index in [1.807, 2.05) is 6.92 Å². The first-order valence-electron chi connectivity index (χ1n) is 8.29. The van der Waals surface area contributed by atoms with Gasteiger partial charge in [0.1, 0.15) is 5.75 Å². The molecule has 7 heteroatoms. The third-order valence-electron chi connectivity index (χ3n) is 4.62. The first kappa shape index (κ1) is 15.4. The highest BCUT2D eigenvalue weighted by Gasteiger charge is 2.32. The van der Waals surface area contributed by atoms with Crippen LogP contribution in [0.1, 0.15) is 47.1 Å². The van der Waals surface area contributed by atoms with Gasteiger partial charge in [-0.25, -0.2) is 4.98 Å². The van der Waals surface area contributed by atoms with Crippen LogP contribution in [0, 0.1) is 6.92 Å². The van der Waals surface area contributed by atoms with Gasteiger partial charge in [-0.15, -0.1) is 11.3 Å². The van der Waals surface area contributed by atoms with Crippen molar-refractivity contribution in [1.29, 1.82) is 0 Å². The molecule has 2 aromatic rings. The number of nitrogens with one attached hydrogen (secondary N) is 1. The van der Waals surface area contributed by atoms with Crippen LogP contribution in [0.15, 0.2) is 12.1 Å². The number of carbonyl (C=O) groups is 1. The van der Waals surface area contributed by atoms with Gasteiger partial charge in [-0.2, -0.15) is 0 Å². The van der Waals surface area contributed by atoms with Crippen LogP contribution in [-0.4, -0.2) is 34.1 Å². The third-order valence-corrected chi connectivity index (χ3v) is 5.90. The summed E-state index contributed by atoms with van der Waals surface area (Å²) in [5.41, 5.74) is 2.31. The SMILES string of the molecule is Cc1ccc(O)c([C@@H]2CC(=O)NCc3nc(N4CCCC4)sc32)n1. The zero-order chi connectivity index (χ0) is 16.7. The van der Waals surface area contributed by atoms with Crippen LogP contribution in [-0.2, 0) is 11.3 Å². The number of nitrogens with zero attached hydrogens (tertiary/aromatic N) is 3. The van der Waals surface area contributed by atoms with E-state index in [9.17, 15) is 9.90 Å². The second-order valence-electron chi connectivity index (χ2n) is 6.39. The molecule has 2 aliphatic heterocycles. The topological polar surface area (TPSA) is 78.3 Å². The molecule has 0 aromatic carbocycles. The fourth-order valence-corrected chi connectivity index (χ4v) is 4.61. The van der Waals surface area contributed by atoms with Crippen LogP contribution in [0.5, 0.6) is 5.75 Å². The minimum atomic E-state index is -0.240. The highest BCUT2D eigenvalue weighted by Crippen LogP contribution is 2.41. The van der Waals surface area contributed by atoms with Crippen molar-refractivity contribution in [2.45, 2.75) is 38.6 Å². The highest BCUT2D eigenvalue weighted by molar-refractivity contribution is 7.15. The zero-order valence-electron chi connectivity index (χ0n) is 13.6. The molecule has 4 heterocycles. The van der Waals surface area contributed by atoms with Crippen molar-refractivity contribution in [3.8, 4) is 5.75 Å². The summed E-state index contributed by atoms with van der Waals surface area (Å²) in [5.74, 6) is -0.130. The van der Waals surface area contributed by atoms with E-state index in [0.29, 0.717) is 18.7 Å². The van der Waals surface area contributed by atoms with Crippen LogP contribution < -0.4 is 10.2 Å². The number of hydrogen-bond donors (Lipinski definition) is 2. The summed E-state index contributed by atoms with van der Waals surface area (Å²) in [5, 5.41) is 14.2. The van der Waals surface area contributed by atoms with Crippen LogP contribution in [0.2, 0.25) is 0 Å². The van der Waals surface area contributed by atoms with E-state index in [0.717, 1.165) is 34.5 Å². The zero-order valence-corrected chi connectivity index (χ0v) is 14.4. The Labute approximate surface area is 144 Å². The number of amides is 1. The van der Waals surface area contributed by atoms with Gasteiger partial charge in [0.25, 0.3) is 0 Å². The maximum absolute atomic E-state index is 12.1. The van der Waals surface area contributed by atoms with Crippen LogP contribution >= 0.6 is 11.3 Å². The Kier molecular flexibility index (Phi) is 3.88. The lowest BCUT2D eigenvalue weighted by molar-refractivity contribution is -0.121. The lowest BCUT2D eigenvalue weighted by Crippen LogP contribution is -2.22. The summed E-state index contributed by atoms with van der Waals surface area (Å²) < 4.78 is 0. The molecular formula is C17H20N4O2S. The van der Waals surface area contributed by atoms with Gasteiger partial charge in [0.05, 0.1) is 23.9 Å². The fraction of sp³-hybridized carbons (Fsp3) is 0.471. The van der Waals surface area contributed by atoms with Crippen LogP contribution in [0.25, 0.3) is 0 Å². The van der Waals surface area contributed by atoms with Gasteiger partial charge >= 0.3 is 0 Å². The molecule has 1 amide bonds. The quantitative estimate of drug-likeness (QED) is 0.874. The Bertz CT molecular complexity index is 783. The number of pyridine rings is 1. The van der Waals surface area contributed by atoms with E-state index in [1.165, 1.54) is 12.8 Å². The minimum Gasteiger partial charge on any atom is -0.506 e. The van der Waals surface area contributed by atoms with Crippen molar-refractivity contribution in [3.63, 3.8) is 0 Å². The molecule has 0 aliphatic carbocycles. The Morgan fingerprint density at radius 1 is 1.29 bits per heavy atom. The van der Waals surface area contributed by atoms with Crippen molar-refractivity contribution < 1.29 is 9.90 Å². The molecule has 2 N–H and O–H groups in total. The summed E-state index contributed by atoms with van der Waals surface area (Å²) in [6.45, 7) is 4.42. The molecule has 24 heavy (non-hydrogen) atoms. The number of aromatic hydroxyl groups is 1. The molecule has 0 radical (unpaired) electrons. The largest absolute Gasteiger partial charge is 0.506 e. The van der Waals surface area contributed by atoms with E-state index >= 15 is 0 Å². The fourth-order valence-electron chi connectivity index (χ4n) is 3.37. The Balaban J connectivity index is 1.78. The van der Waals surface area contributed by atoms with E-state index in [4.69, 9.17) is 4.98 Å². The third kappa shape index (κ3) is 2.73. The second-order valence-corrected chi connectivity index (χ2v) is 7.40. The van der Waals surface area contributed by atoms with Crippen LogP contribution in [0.4, 0.5) is 5.13 Å².